The van der Waals surface area contributed by atoms with Crippen molar-refractivity contribution < 1.29 is 23.4 Å². The molecule has 0 bridgehead atoms. The molecule has 3 nitrogen and oxygen atoms in total. The fourth-order valence-electron chi connectivity index (χ4n) is 2.01. The maximum atomic E-state index is 14.0. The molecule has 0 aliphatic heterocycles. The summed E-state index contributed by atoms with van der Waals surface area (Å²) < 4.78 is 37.9. The molecule has 1 unspecified atom stereocenters. The molecule has 2 aromatic rings. The summed E-state index contributed by atoms with van der Waals surface area (Å²) in [5.41, 5.74) is -0.315. The number of hydrogen-bond donors (Lipinski definition) is 1. The minimum Gasteiger partial charge on any atom is -0.497 e. The molecule has 0 fully saturated rings. The first-order valence-corrected chi connectivity index (χ1v) is 6.40. The van der Waals surface area contributed by atoms with Crippen LogP contribution in [0.4, 0.5) is 8.78 Å². The van der Waals surface area contributed by atoms with Gasteiger partial charge in [-0.3, -0.25) is 0 Å². The lowest BCUT2D eigenvalue weighted by Crippen LogP contribution is -2.08. The molecule has 2 rings (SSSR count). The van der Waals surface area contributed by atoms with Gasteiger partial charge in [0.05, 0.1) is 19.8 Å². The summed E-state index contributed by atoms with van der Waals surface area (Å²) in [7, 11) is 2.69. The van der Waals surface area contributed by atoms with Gasteiger partial charge in [0.2, 0.25) is 0 Å². The van der Waals surface area contributed by atoms with Crippen molar-refractivity contribution in [3.63, 3.8) is 0 Å². The Morgan fingerprint density at radius 1 is 1.05 bits per heavy atom. The number of halogens is 3. The molecule has 1 atom stereocenters. The first kappa shape index (κ1) is 15.5. The fourth-order valence-corrected chi connectivity index (χ4v) is 2.20. The Hall–Kier alpha value is -1.85. The third-order valence-corrected chi connectivity index (χ3v) is 3.28. The summed E-state index contributed by atoms with van der Waals surface area (Å²) in [5.74, 6) is -1.52. The van der Waals surface area contributed by atoms with Crippen LogP contribution in [0.25, 0.3) is 0 Å². The summed E-state index contributed by atoms with van der Waals surface area (Å²) in [6, 6.07) is 6.46. The predicted molar refractivity (Wildman–Crippen MR) is 75.0 cm³/mol. The van der Waals surface area contributed by atoms with Gasteiger partial charge in [-0.05, 0) is 18.2 Å². The van der Waals surface area contributed by atoms with Crippen LogP contribution < -0.4 is 9.47 Å². The topological polar surface area (TPSA) is 38.7 Å². The molecule has 0 saturated heterocycles. The first-order chi connectivity index (χ1) is 9.97. The number of benzene rings is 2. The van der Waals surface area contributed by atoms with E-state index in [9.17, 15) is 13.9 Å². The summed E-state index contributed by atoms with van der Waals surface area (Å²) >= 11 is 5.86. The van der Waals surface area contributed by atoms with E-state index in [4.69, 9.17) is 21.1 Å². The first-order valence-electron chi connectivity index (χ1n) is 6.02. The van der Waals surface area contributed by atoms with Crippen LogP contribution in [0, 0.1) is 11.6 Å². The Morgan fingerprint density at radius 2 is 1.67 bits per heavy atom. The van der Waals surface area contributed by atoms with Gasteiger partial charge in [-0.15, -0.1) is 0 Å². The largest absolute Gasteiger partial charge is 0.497 e. The highest BCUT2D eigenvalue weighted by Gasteiger charge is 2.24. The Bertz CT molecular complexity index is 638. The van der Waals surface area contributed by atoms with Crippen LogP contribution in [0.2, 0.25) is 5.02 Å². The number of rotatable bonds is 4. The van der Waals surface area contributed by atoms with Gasteiger partial charge in [-0.2, -0.15) is 0 Å². The highest BCUT2D eigenvalue weighted by molar-refractivity contribution is 6.30. The molecule has 112 valence electrons. The van der Waals surface area contributed by atoms with Gasteiger partial charge in [0.25, 0.3) is 0 Å². The van der Waals surface area contributed by atoms with Crippen molar-refractivity contribution in [1.29, 1.82) is 0 Å². The van der Waals surface area contributed by atoms with Crippen molar-refractivity contribution in [1.82, 2.24) is 0 Å². The van der Waals surface area contributed by atoms with E-state index in [-0.39, 0.29) is 17.1 Å². The lowest BCUT2D eigenvalue weighted by molar-refractivity contribution is 0.203. The highest BCUT2D eigenvalue weighted by Crippen LogP contribution is 2.35. The molecule has 6 heteroatoms. The smallest absolute Gasteiger partial charge is 0.135 e. The van der Waals surface area contributed by atoms with Gasteiger partial charge in [-0.1, -0.05) is 11.6 Å². The minimum atomic E-state index is -1.55. The highest BCUT2D eigenvalue weighted by atomic mass is 35.5. The van der Waals surface area contributed by atoms with Gasteiger partial charge >= 0.3 is 0 Å². The van der Waals surface area contributed by atoms with Gasteiger partial charge in [0, 0.05) is 22.7 Å². The van der Waals surface area contributed by atoms with E-state index >= 15 is 0 Å². The summed E-state index contributed by atoms with van der Waals surface area (Å²) in [6.45, 7) is 0. The number of ether oxygens (including phenoxy) is 2. The standard InChI is InChI=1S/C15H13ClF2O3/c1-20-9-6-11(17)14(12(18)7-9)15(19)10-5-8(16)3-4-13(10)21-2/h3-7,15,19H,1-2H3. The summed E-state index contributed by atoms with van der Waals surface area (Å²) in [4.78, 5) is 0. The molecule has 0 aliphatic carbocycles. The Balaban J connectivity index is 2.55. The second-order valence-corrected chi connectivity index (χ2v) is 4.73. The zero-order valence-corrected chi connectivity index (χ0v) is 12.1. The molecule has 0 heterocycles. The van der Waals surface area contributed by atoms with Crippen LogP contribution in [0.3, 0.4) is 0 Å². The molecule has 0 aliphatic rings. The Kier molecular flexibility index (Phi) is 4.65. The van der Waals surface area contributed by atoms with E-state index in [1.807, 2.05) is 0 Å². The van der Waals surface area contributed by atoms with Crippen molar-refractivity contribution in [2.75, 3.05) is 14.2 Å². The number of hydrogen-bond acceptors (Lipinski definition) is 3. The average Bonchev–Trinajstić information content (AvgIpc) is 2.46. The monoisotopic (exact) mass is 314 g/mol. The summed E-state index contributed by atoms with van der Waals surface area (Å²) in [5, 5.41) is 10.6. The minimum absolute atomic E-state index is 0.0269. The maximum Gasteiger partial charge on any atom is 0.135 e. The van der Waals surface area contributed by atoms with Crippen molar-refractivity contribution in [3.05, 3.63) is 58.1 Å². The Morgan fingerprint density at radius 3 is 2.19 bits per heavy atom. The quantitative estimate of drug-likeness (QED) is 0.935. The molecule has 0 amide bonds. The lowest BCUT2D eigenvalue weighted by atomic mass is 9.99. The summed E-state index contributed by atoms with van der Waals surface area (Å²) in [6.07, 6.45) is -1.55. The van der Waals surface area contributed by atoms with E-state index in [0.29, 0.717) is 5.02 Å². The molecule has 21 heavy (non-hydrogen) atoms. The fraction of sp³-hybridized carbons (Fsp3) is 0.200. The van der Waals surface area contributed by atoms with Crippen molar-refractivity contribution >= 4 is 11.6 Å². The molecule has 0 saturated carbocycles. The molecule has 0 radical (unpaired) electrons. The van der Waals surface area contributed by atoms with E-state index in [1.54, 1.807) is 6.07 Å². The molecule has 0 aromatic heterocycles. The van der Waals surface area contributed by atoms with Crippen LogP contribution in [0.1, 0.15) is 17.2 Å². The normalized spacial score (nSPS) is 12.1. The van der Waals surface area contributed by atoms with Gasteiger partial charge in [0.1, 0.15) is 29.2 Å². The number of aliphatic hydroxyl groups excluding tert-OH is 1. The predicted octanol–water partition coefficient (Wildman–Crippen LogP) is 3.72. The van der Waals surface area contributed by atoms with E-state index in [1.165, 1.54) is 26.4 Å². The van der Waals surface area contributed by atoms with Crippen LogP contribution in [0.5, 0.6) is 11.5 Å². The molecule has 2 aromatic carbocycles. The van der Waals surface area contributed by atoms with Crippen LogP contribution in [-0.4, -0.2) is 19.3 Å². The van der Waals surface area contributed by atoms with E-state index < -0.39 is 23.3 Å². The van der Waals surface area contributed by atoms with Crippen molar-refractivity contribution in [2.45, 2.75) is 6.10 Å². The van der Waals surface area contributed by atoms with E-state index in [0.717, 1.165) is 12.1 Å². The van der Waals surface area contributed by atoms with Crippen molar-refractivity contribution in [2.24, 2.45) is 0 Å². The second-order valence-electron chi connectivity index (χ2n) is 4.29. The van der Waals surface area contributed by atoms with Gasteiger partial charge < -0.3 is 14.6 Å². The second kappa shape index (κ2) is 6.28. The SMILES string of the molecule is COc1cc(F)c(C(O)c2cc(Cl)ccc2OC)c(F)c1. The third kappa shape index (κ3) is 3.09. The zero-order valence-electron chi connectivity index (χ0n) is 11.4. The van der Waals surface area contributed by atoms with Gasteiger partial charge in [0.15, 0.2) is 0 Å². The molecular weight excluding hydrogens is 302 g/mol. The number of aliphatic hydroxyl groups is 1. The van der Waals surface area contributed by atoms with Crippen LogP contribution in [0.15, 0.2) is 30.3 Å². The number of methoxy groups -OCH3 is 2. The van der Waals surface area contributed by atoms with Crippen LogP contribution in [-0.2, 0) is 0 Å². The average molecular weight is 315 g/mol. The third-order valence-electron chi connectivity index (χ3n) is 3.05. The van der Waals surface area contributed by atoms with Crippen LogP contribution >= 0.6 is 11.6 Å². The lowest BCUT2D eigenvalue weighted by Gasteiger charge is -2.17. The zero-order chi connectivity index (χ0) is 15.6. The maximum absolute atomic E-state index is 14.0. The molecule has 1 N–H and O–H groups in total. The molecule has 0 spiro atoms. The molecular formula is C15H13ClF2O3. The van der Waals surface area contributed by atoms with Crippen molar-refractivity contribution in [3.8, 4) is 11.5 Å². The van der Waals surface area contributed by atoms with Gasteiger partial charge in [-0.25, -0.2) is 8.78 Å². The van der Waals surface area contributed by atoms with E-state index in [2.05, 4.69) is 0 Å². The Labute approximate surface area is 125 Å².